The highest BCUT2D eigenvalue weighted by Gasteiger charge is 2.19. The van der Waals surface area contributed by atoms with Gasteiger partial charge in [-0.3, -0.25) is 4.79 Å². The van der Waals surface area contributed by atoms with E-state index in [4.69, 9.17) is 27.9 Å². The molecule has 7 heteroatoms. The predicted molar refractivity (Wildman–Crippen MR) is 86.4 cm³/mol. The molecule has 0 unspecified atom stereocenters. The van der Waals surface area contributed by atoms with Gasteiger partial charge in [-0.2, -0.15) is 0 Å². The molecule has 0 heterocycles. The Bertz CT molecular complexity index is 732. The second-order valence-electron chi connectivity index (χ2n) is 4.71. The van der Waals surface area contributed by atoms with Crippen molar-refractivity contribution in [3.8, 4) is 0 Å². The van der Waals surface area contributed by atoms with Gasteiger partial charge in [-0.05, 0) is 43.3 Å². The summed E-state index contributed by atoms with van der Waals surface area (Å²) in [5.74, 6) is -1.92. The number of hydrogen-bond donors (Lipinski definition) is 1. The van der Waals surface area contributed by atoms with Crippen LogP contribution in [0.25, 0.3) is 0 Å². The summed E-state index contributed by atoms with van der Waals surface area (Å²) in [5, 5.41) is 3.25. The van der Waals surface area contributed by atoms with Crippen LogP contribution in [0.15, 0.2) is 42.5 Å². The smallest absolute Gasteiger partial charge is 0.339 e. The van der Waals surface area contributed by atoms with Crippen molar-refractivity contribution in [2.75, 3.05) is 5.32 Å². The number of carbonyl (C=O) groups excluding carboxylic acids is 2. The van der Waals surface area contributed by atoms with Crippen LogP contribution >= 0.6 is 23.2 Å². The average Bonchev–Trinajstić information content (AvgIpc) is 2.45. The van der Waals surface area contributed by atoms with Gasteiger partial charge in [-0.25, -0.2) is 9.18 Å². The number of esters is 1. The number of nitrogens with one attached hydrogen (secondary N) is 1. The fourth-order valence-electron chi connectivity index (χ4n) is 1.77. The summed E-state index contributed by atoms with van der Waals surface area (Å²) in [6.45, 7) is 1.40. The molecule has 0 aliphatic rings. The average molecular weight is 356 g/mol. The zero-order valence-electron chi connectivity index (χ0n) is 12.0. The fraction of sp³-hybridized carbons (Fsp3) is 0.125. The van der Waals surface area contributed by atoms with Crippen LogP contribution in [-0.2, 0) is 9.53 Å². The maximum Gasteiger partial charge on any atom is 0.339 e. The molecule has 0 saturated carbocycles. The maximum absolute atomic E-state index is 13.1. The third-order valence-electron chi connectivity index (χ3n) is 2.84. The zero-order chi connectivity index (χ0) is 17.0. The first-order valence-corrected chi connectivity index (χ1v) is 7.34. The molecule has 2 aromatic carbocycles. The van der Waals surface area contributed by atoms with E-state index < -0.39 is 23.8 Å². The van der Waals surface area contributed by atoms with Crippen LogP contribution in [0.2, 0.25) is 10.0 Å². The van der Waals surface area contributed by atoms with Gasteiger partial charge in [0.1, 0.15) is 5.82 Å². The van der Waals surface area contributed by atoms with Crippen molar-refractivity contribution in [2.24, 2.45) is 0 Å². The van der Waals surface area contributed by atoms with E-state index >= 15 is 0 Å². The van der Waals surface area contributed by atoms with Crippen LogP contribution in [-0.4, -0.2) is 18.0 Å². The lowest BCUT2D eigenvalue weighted by atomic mass is 10.2. The summed E-state index contributed by atoms with van der Waals surface area (Å²) in [6.07, 6.45) is -1.08. The first-order chi connectivity index (χ1) is 10.8. The molecule has 0 fully saturated rings. The zero-order valence-corrected chi connectivity index (χ0v) is 13.5. The van der Waals surface area contributed by atoms with Crippen molar-refractivity contribution in [1.82, 2.24) is 0 Å². The minimum absolute atomic E-state index is 0.0236. The molecule has 1 N–H and O–H groups in total. The first-order valence-electron chi connectivity index (χ1n) is 6.58. The molecule has 0 spiro atoms. The molecule has 1 atom stereocenters. The van der Waals surface area contributed by atoms with E-state index in [1.165, 1.54) is 43.3 Å². The number of carbonyl (C=O) groups is 2. The Morgan fingerprint density at radius 2 is 1.78 bits per heavy atom. The van der Waals surface area contributed by atoms with E-state index in [0.29, 0.717) is 15.7 Å². The molecule has 23 heavy (non-hydrogen) atoms. The lowest BCUT2D eigenvalue weighted by molar-refractivity contribution is -0.123. The normalized spacial score (nSPS) is 11.7. The summed E-state index contributed by atoms with van der Waals surface area (Å²) >= 11 is 11.7. The van der Waals surface area contributed by atoms with Gasteiger partial charge >= 0.3 is 5.97 Å². The standard InChI is InChI=1S/C16H12Cl2FNO3/c1-9(23-16(22)10-3-2-4-13(19)5-10)15(21)20-14-7-11(17)6-12(18)8-14/h2-9H,1H3,(H,20,21)/t9-/m0/s1. The highest BCUT2D eigenvalue weighted by atomic mass is 35.5. The van der Waals surface area contributed by atoms with E-state index in [-0.39, 0.29) is 5.56 Å². The van der Waals surface area contributed by atoms with Crippen molar-refractivity contribution in [2.45, 2.75) is 13.0 Å². The molecule has 0 aromatic heterocycles. The van der Waals surface area contributed by atoms with Crippen LogP contribution in [0, 0.1) is 5.82 Å². The summed E-state index contributed by atoms with van der Waals surface area (Å²) < 4.78 is 18.1. The van der Waals surface area contributed by atoms with Crippen molar-refractivity contribution in [3.63, 3.8) is 0 Å². The number of benzene rings is 2. The summed E-state index contributed by atoms with van der Waals surface area (Å²) in [6, 6.07) is 9.54. The summed E-state index contributed by atoms with van der Waals surface area (Å²) in [5.41, 5.74) is 0.400. The van der Waals surface area contributed by atoms with E-state index in [1.807, 2.05) is 0 Å². The Balaban J connectivity index is 2.01. The molecule has 0 bridgehead atoms. The van der Waals surface area contributed by atoms with E-state index in [1.54, 1.807) is 0 Å². The molecular formula is C16H12Cl2FNO3. The molecule has 0 aliphatic heterocycles. The summed E-state index contributed by atoms with van der Waals surface area (Å²) in [7, 11) is 0. The Labute approximate surface area is 142 Å². The summed E-state index contributed by atoms with van der Waals surface area (Å²) in [4.78, 5) is 23.9. The van der Waals surface area contributed by atoms with Gasteiger partial charge in [0, 0.05) is 15.7 Å². The van der Waals surface area contributed by atoms with Crippen LogP contribution < -0.4 is 5.32 Å². The fourth-order valence-corrected chi connectivity index (χ4v) is 2.29. The first kappa shape index (κ1) is 17.2. The van der Waals surface area contributed by atoms with Gasteiger partial charge < -0.3 is 10.1 Å². The molecular weight excluding hydrogens is 344 g/mol. The Hall–Kier alpha value is -2.11. The number of rotatable bonds is 4. The number of hydrogen-bond acceptors (Lipinski definition) is 3. The molecule has 2 aromatic rings. The molecule has 0 saturated heterocycles. The largest absolute Gasteiger partial charge is 0.449 e. The van der Waals surface area contributed by atoms with Crippen LogP contribution in [0.4, 0.5) is 10.1 Å². The maximum atomic E-state index is 13.1. The van der Waals surface area contributed by atoms with Crippen LogP contribution in [0.3, 0.4) is 0 Å². The molecule has 0 radical (unpaired) electrons. The lowest BCUT2D eigenvalue weighted by Gasteiger charge is -2.14. The second kappa shape index (κ2) is 7.44. The highest BCUT2D eigenvalue weighted by Crippen LogP contribution is 2.22. The number of halogens is 3. The molecule has 4 nitrogen and oxygen atoms in total. The molecule has 2 rings (SSSR count). The minimum atomic E-state index is -1.08. The third kappa shape index (κ3) is 4.94. The monoisotopic (exact) mass is 355 g/mol. The number of ether oxygens (including phenoxy) is 1. The van der Waals surface area contributed by atoms with E-state index in [2.05, 4.69) is 5.32 Å². The van der Waals surface area contributed by atoms with Crippen LogP contribution in [0.1, 0.15) is 17.3 Å². The van der Waals surface area contributed by atoms with Crippen molar-refractivity contribution >= 4 is 40.8 Å². The lowest BCUT2D eigenvalue weighted by Crippen LogP contribution is -2.30. The van der Waals surface area contributed by atoms with Crippen molar-refractivity contribution in [1.29, 1.82) is 0 Å². The van der Waals surface area contributed by atoms with E-state index in [9.17, 15) is 14.0 Å². The van der Waals surface area contributed by atoms with Crippen molar-refractivity contribution < 1.29 is 18.7 Å². The van der Waals surface area contributed by atoms with Gasteiger partial charge in [-0.15, -0.1) is 0 Å². The predicted octanol–water partition coefficient (Wildman–Crippen LogP) is 4.32. The highest BCUT2D eigenvalue weighted by molar-refractivity contribution is 6.35. The van der Waals surface area contributed by atoms with Gasteiger partial charge in [0.05, 0.1) is 5.56 Å². The molecule has 120 valence electrons. The van der Waals surface area contributed by atoms with Gasteiger partial charge in [0.15, 0.2) is 6.10 Å². The quantitative estimate of drug-likeness (QED) is 0.831. The van der Waals surface area contributed by atoms with E-state index in [0.717, 1.165) is 6.07 Å². The van der Waals surface area contributed by atoms with Crippen LogP contribution in [0.5, 0.6) is 0 Å². The SMILES string of the molecule is C[C@H](OC(=O)c1cccc(F)c1)C(=O)Nc1cc(Cl)cc(Cl)c1. The Morgan fingerprint density at radius 1 is 1.13 bits per heavy atom. The van der Waals surface area contributed by atoms with Gasteiger partial charge in [0.2, 0.25) is 0 Å². The van der Waals surface area contributed by atoms with Gasteiger partial charge in [0.25, 0.3) is 5.91 Å². The second-order valence-corrected chi connectivity index (χ2v) is 5.58. The minimum Gasteiger partial charge on any atom is -0.449 e. The topological polar surface area (TPSA) is 55.4 Å². The molecule has 1 amide bonds. The van der Waals surface area contributed by atoms with Crippen molar-refractivity contribution in [3.05, 3.63) is 63.9 Å². The number of amides is 1. The Morgan fingerprint density at radius 3 is 2.39 bits per heavy atom. The Kier molecular flexibility index (Phi) is 5.58. The number of anilines is 1. The third-order valence-corrected chi connectivity index (χ3v) is 3.28. The van der Waals surface area contributed by atoms with Gasteiger partial charge in [-0.1, -0.05) is 29.3 Å². The molecule has 0 aliphatic carbocycles.